The largest absolute Gasteiger partial charge is 0.756 e. The van der Waals surface area contributed by atoms with Gasteiger partial charge < -0.3 is 23.2 Å². The summed E-state index contributed by atoms with van der Waals surface area (Å²) in [7, 11) is 1.15. The van der Waals surface area contributed by atoms with Crippen LogP contribution in [0.1, 0.15) is 200 Å². The molecule has 0 aliphatic carbocycles. The van der Waals surface area contributed by atoms with E-state index in [4.69, 9.17) is 13.8 Å². The van der Waals surface area contributed by atoms with Gasteiger partial charge in [0.05, 0.1) is 21.1 Å². The molecule has 0 heterocycles. The van der Waals surface area contributed by atoms with E-state index in [9.17, 15) is 19.0 Å². The molecule has 49 heavy (non-hydrogen) atoms. The van der Waals surface area contributed by atoms with Crippen LogP contribution in [0.4, 0.5) is 0 Å². The van der Waals surface area contributed by atoms with Crippen molar-refractivity contribution < 1.29 is 37.3 Å². The second-order valence-corrected chi connectivity index (χ2v) is 16.8. The predicted molar refractivity (Wildman–Crippen MR) is 203 cm³/mol. The summed E-state index contributed by atoms with van der Waals surface area (Å²) in [5.74, 6) is -0.459. The van der Waals surface area contributed by atoms with Gasteiger partial charge in [-0.05, 0) is 12.8 Å². The average Bonchev–Trinajstić information content (AvgIpc) is 3.03. The molecule has 9 heteroatoms. The zero-order valence-corrected chi connectivity index (χ0v) is 33.9. The molecular weight excluding hydrogens is 637 g/mol. The topological polar surface area (TPSA) is 102 Å². The summed E-state index contributed by atoms with van der Waals surface area (Å²) in [5.41, 5.74) is 0. The Morgan fingerprint density at radius 3 is 1.35 bits per heavy atom. The molecular formula is C40H80NO7P. The first-order valence-electron chi connectivity index (χ1n) is 20.6. The number of ketones is 1. The zero-order valence-electron chi connectivity index (χ0n) is 33.0. The molecule has 292 valence electrons. The number of nitrogens with zero attached hydrogens (tertiary/aromatic N) is 1. The van der Waals surface area contributed by atoms with Crippen molar-refractivity contribution in [1.82, 2.24) is 0 Å². The zero-order chi connectivity index (χ0) is 36.5. The molecule has 0 amide bonds. The maximum Gasteiger partial charge on any atom is 0.305 e. The number of quaternary nitrogens is 1. The fraction of sp³-hybridized carbons (Fsp3) is 0.950. The monoisotopic (exact) mass is 718 g/mol. The Kier molecular flexibility index (Phi) is 32.5. The summed E-state index contributed by atoms with van der Waals surface area (Å²) < 4.78 is 28.9. The van der Waals surface area contributed by atoms with Crippen LogP contribution < -0.4 is 4.89 Å². The molecule has 0 spiro atoms. The lowest BCUT2D eigenvalue weighted by Gasteiger charge is -2.29. The Balaban J connectivity index is 4.35. The minimum absolute atomic E-state index is 0.0251. The molecule has 2 atom stereocenters. The second-order valence-electron chi connectivity index (χ2n) is 15.4. The molecule has 8 nitrogen and oxygen atoms in total. The van der Waals surface area contributed by atoms with E-state index in [1.54, 1.807) is 0 Å². The van der Waals surface area contributed by atoms with Gasteiger partial charge in [0.1, 0.15) is 31.6 Å². The summed E-state index contributed by atoms with van der Waals surface area (Å²) in [5, 5.41) is 0. The van der Waals surface area contributed by atoms with Crippen LogP contribution >= 0.6 is 7.82 Å². The molecule has 0 bridgehead atoms. The number of carbonyl (C=O) groups is 2. The van der Waals surface area contributed by atoms with E-state index >= 15 is 0 Å². The number of phosphoric acid groups is 1. The molecule has 0 saturated carbocycles. The smallest absolute Gasteiger partial charge is 0.305 e. The summed E-state index contributed by atoms with van der Waals surface area (Å²) in [6, 6.07) is 0. The summed E-state index contributed by atoms with van der Waals surface area (Å²) in [4.78, 5) is 37.8. The highest BCUT2D eigenvalue weighted by molar-refractivity contribution is 7.45. The molecule has 0 saturated heterocycles. The van der Waals surface area contributed by atoms with Crippen molar-refractivity contribution in [3.8, 4) is 0 Å². The number of likely N-dealkylation sites (N-methyl/N-ethyl adjacent to an activating group) is 1. The van der Waals surface area contributed by atoms with E-state index in [-0.39, 0.29) is 37.8 Å². The lowest BCUT2D eigenvalue weighted by molar-refractivity contribution is -0.870. The number of Topliss-reactive ketones (excluding diaryl/α,β-unsaturated/α-hetero) is 1. The molecule has 0 aliphatic rings. The van der Waals surface area contributed by atoms with E-state index in [0.717, 1.165) is 38.5 Å². The van der Waals surface area contributed by atoms with Crippen molar-refractivity contribution in [3.05, 3.63) is 0 Å². The third kappa shape index (κ3) is 36.8. The standard InChI is InChI=1S/C40H80NO7P/c1-6-8-10-12-14-16-18-20-22-24-26-28-30-32-38(42)36-39(48-49(44,45)47-35-34-41(3,4)5)37-46-40(43)33-31-29-27-25-23-21-19-17-15-13-11-9-7-2/h39H,6-37H2,1-5H3. The SMILES string of the molecule is CCCCCCCCCCCCCCCC(=O)CC(COC(=O)CCCCCCCCCCCCCCC)OP(=O)([O-])OCC[N+](C)(C)C. The quantitative estimate of drug-likeness (QED) is 0.0271. The van der Waals surface area contributed by atoms with E-state index in [2.05, 4.69) is 13.8 Å². The highest BCUT2D eigenvalue weighted by Crippen LogP contribution is 2.40. The number of hydrogen-bond acceptors (Lipinski definition) is 7. The lowest BCUT2D eigenvalue weighted by Crippen LogP contribution is -2.37. The highest BCUT2D eigenvalue weighted by atomic mass is 31.2. The van der Waals surface area contributed by atoms with Gasteiger partial charge in [-0.2, -0.15) is 0 Å². The first-order valence-corrected chi connectivity index (χ1v) is 22.1. The number of esters is 1. The van der Waals surface area contributed by atoms with Gasteiger partial charge in [-0.3, -0.25) is 14.2 Å². The Hall–Kier alpha value is -0.790. The maximum atomic E-state index is 12.8. The molecule has 0 radical (unpaired) electrons. The van der Waals surface area contributed by atoms with Gasteiger partial charge in [-0.15, -0.1) is 0 Å². The average molecular weight is 718 g/mol. The number of hydrogen-bond donors (Lipinski definition) is 0. The van der Waals surface area contributed by atoms with Crippen molar-refractivity contribution in [2.24, 2.45) is 0 Å². The summed E-state index contributed by atoms with van der Waals surface area (Å²) in [6.07, 6.45) is 31.4. The molecule has 0 aromatic carbocycles. The normalized spacial score (nSPS) is 13.8. The van der Waals surface area contributed by atoms with Gasteiger partial charge in [-0.1, -0.05) is 168 Å². The molecule has 0 N–H and O–H groups in total. The number of rotatable bonds is 38. The number of unbranched alkanes of at least 4 members (excludes halogenated alkanes) is 24. The van der Waals surface area contributed by atoms with E-state index in [1.807, 2.05) is 21.1 Å². The van der Waals surface area contributed by atoms with Gasteiger partial charge in [0.2, 0.25) is 0 Å². The van der Waals surface area contributed by atoms with E-state index in [1.165, 1.54) is 128 Å². The third-order valence-electron chi connectivity index (χ3n) is 9.22. The second kappa shape index (κ2) is 33.1. The first-order chi connectivity index (χ1) is 23.5. The number of phosphoric ester groups is 1. The van der Waals surface area contributed by atoms with Crippen LogP contribution in [-0.2, 0) is 27.9 Å². The lowest BCUT2D eigenvalue weighted by atomic mass is 10.0. The molecule has 0 aromatic heterocycles. The maximum absolute atomic E-state index is 12.8. The van der Waals surface area contributed by atoms with Crippen LogP contribution in [0.25, 0.3) is 0 Å². The van der Waals surface area contributed by atoms with Gasteiger partial charge in [-0.25, -0.2) is 0 Å². The third-order valence-corrected chi connectivity index (χ3v) is 10.3. The van der Waals surface area contributed by atoms with Crippen molar-refractivity contribution >= 4 is 19.6 Å². The van der Waals surface area contributed by atoms with Gasteiger partial charge in [0, 0.05) is 19.3 Å². The highest BCUT2D eigenvalue weighted by Gasteiger charge is 2.23. The molecule has 2 unspecified atom stereocenters. The summed E-state index contributed by atoms with van der Waals surface area (Å²) >= 11 is 0. The van der Waals surface area contributed by atoms with Crippen LogP contribution in [0.3, 0.4) is 0 Å². The van der Waals surface area contributed by atoms with E-state index < -0.39 is 13.9 Å². The Morgan fingerprint density at radius 2 is 0.959 bits per heavy atom. The number of carbonyl (C=O) groups excluding carboxylic acids is 2. The molecule has 0 aromatic rings. The summed E-state index contributed by atoms with van der Waals surface area (Å²) in [6.45, 7) is 4.68. The minimum Gasteiger partial charge on any atom is -0.756 e. The van der Waals surface area contributed by atoms with Gasteiger partial charge in [0.25, 0.3) is 7.82 Å². The fourth-order valence-electron chi connectivity index (χ4n) is 6.01. The van der Waals surface area contributed by atoms with Gasteiger partial charge in [0.15, 0.2) is 0 Å². The Labute approximate surface area is 303 Å². The predicted octanol–water partition coefficient (Wildman–Crippen LogP) is 11.0. The van der Waals surface area contributed by atoms with Crippen molar-refractivity contribution in [1.29, 1.82) is 0 Å². The van der Waals surface area contributed by atoms with Crippen LogP contribution in [0.15, 0.2) is 0 Å². The van der Waals surface area contributed by atoms with Crippen LogP contribution in [0, 0.1) is 0 Å². The van der Waals surface area contributed by atoms with E-state index in [0.29, 0.717) is 17.4 Å². The molecule has 0 fully saturated rings. The Morgan fingerprint density at radius 1 is 0.592 bits per heavy atom. The van der Waals surface area contributed by atoms with Crippen molar-refractivity contribution in [2.75, 3.05) is 40.9 Å². The molecule has 0 aliphatic heterocycles. The van der Waals surface area contributed by atoms with Crippen LogP contribution in [0.5, 0.6) is 0 Å². The first kappa shape index (κ1) is 48.2. The van der Waals surface area contributed by atoms with Crippen LogP contribution in [0.2, 0.25) is 0 Å². The fourth-order valence-corrected chi connectivity index (χ4v) is 6.87. The molecule has 0 rings (SSSR count). The van der Waals surface area contributed by atoms with Crippen molar-refractivity contribution in [3.63, 3.8) is 0 Å². The Bertz CT molecular complexity index is 817. The van der Waals surface area contributed by atoms with Crippen LogP contribution in [-0.4, -0.2) is 63.2 Å². The number of ether oxygens (including phenoxy) is 1. The van der Waals surface area contributed by atoms with Crippen molar-refractivity contribution in [2.45, 2.75) is 206 Å². The van der Waals surface area contributed by atoms with Gasteiger partial charge >= 0.3 is 5.97 Å². The minimum atomic E-state index is -4.67.